The number of hydrogen-bond donors (Lipinski definition) is 1. The molecule has 0 aliphatic heterocycles. The van der Waals surface area contributed by atoms with Crippen molar-refractivity contribution in [2.75, 3.05) is 5.32 Å². The second-order valence-electron chi connectivity index (χ2n) is 4.82. The fraction of sp³-hybridized carbons (Fsp3) is 0.0714. The number of nitrogens with zero attached hydrogens (tertiary/aromatic N) is 6. The molecule has 0 atom stereocenters. The Balaban J connectivity index is 1.85. The number of nitro groups is 1. The highest BCUT2D eigenvalue weighted by molar-refractivity contribution is 7.99. The zero-order valence-electron chi connectivity index (χ0n) is 12.9. The molecule has 1 N–H and O–H groups in total. The van der Waals surface area contributed by atoms with E-state index in [1.807, 2.05) is 0 Å². The lowest BCUT2D eigenvalue weighted by Gasteiger charge is -2.07. The van der Waals surface area contributed by atoms with Gasteiger partial charge in [0.05, 0.1) is 10.6 Å². The molecule has 11 heteroatoms. The third kappa shape index (κ3) is 3.95. The van der Waals surface area contributed by atoms with E-state index in [2.05, 4.69) is 25.8 Å². The number of carbonyl (C=O) groups is 1. The van der Waals surface area contributed by atoms with Gasteiger partial charge in [0, 0.05) is 18.7 Å². The Hall–Kier alpha value is -3.34. The summed E-state index contributed by atoms with van der Waals surface area (Å²) in [5.41, 5.74) is 1.18. The largest absolute Gasteiger partial charge is 0.326 e. The topological polar surface area (TPSA) is 129 Å². The number of tetrazole rings is 1. The summed E-state index contributed by atoms with van der Waals surface area (Å²) < 4.78 is 1.49. The van der Waals surface area contributed by atoms with Crippen LogP contribution in [-0.2, 0) is 4.79 Å². The average molecular weight is 357 g/mol. The molecular weight excluding hydrogens is 346 g/mol. The molecule has 126 valence electrons. The van der Waals surface area contributed by atoms with Gasteiger partial charge in [0.15, 0.2) is 0 Å². The first-order valence-corrected chi connectivity index (χ1v) is 7.79. The van der Waals surface area contributed by atoms with Gasteiger partial charge in [-0.2, -0.15) is 4.68 Å². The number of rotatable bonds is 5. The molecule has 0 unspecified atom stereocenters. The number of nitrogens with one attached hydrogen (secondary N) is 1. The van der Waals surface area contributed by atoms with Crippen molar-refractivity contribution in [3.05, 3.63) is 52.7 Å². The predicted molar refractivity (Wildman–Crippen MR) is 88.5 cm³/mol. The Morgan fingerprint density at radius 3 is 2.84 bits per heavy atom. The summed E-state index contributed by atoms with van der Waals surface area (Å²) in [7, 11) is 0. The smallest absolute Gasteiger partial charge is 0.287 e. The highest BCUT2D eigenvalue weighted by Gasteiger charge is 2.13. The standard InChI is InChI=1S/C14H11N7O3S/c1-9(22)16-10-3-2-4-11(7-10)20-14(17-18-19-20)25-13-6-5-12(8-15-13)21(23)24/h2-8H,1H3,(H,16,22). The van der Waals surface area contributed by atoms with E-state index >= 15 is 0 Å². The highest BCUT2D eigenvalue weighted by atomic mass is 32.2. The van der Waals surface area contributed by atoms with Gasteiger partial charge in [0.25, 0.3) is 5.69 Å². The predicted octanol–water partition coefficient (Wildman–Crippen LogP) is 2.08. The molecule has 2 heterocycles. The van der Waals surface area contributed by atoms with Crippen molar-refractivity contribution in [2.45, 2.75) is 17.1 Å². The van der Waals surface area contributed by atoms with Gasteiger partial charge in [-0.25, -0.2) is 4.98 Å². The second kappa shape index (κ2) is 7.05. The van der Waals surface area contributed by atoms with Crippen molar-refractivity contribution in [3.63, 3.8) is 0 Å². The number of carbonyl (C=O) groups excluding carboxylic acids is 1. The summed E-state index contributed by atoms with van der Waals surface area (Å²) >= 11 is 1.16. The molecule has 0 bridgehead atoms. The van der Waals surface area contributed by atoms with E-state index in [-0.39, 0.29) is 11.6 Å². The van der Waals surface area contributed by atoms with Crippen molar-refractivity contribution in [3.8, 4) is 5.69 Å². The molecule has 25 heavy (non-hydrogen) atoms. The van der Waals surface area contributed by atoms with E-state index in [1.54, 1.807) is 24.3 Å². The average Bonchev–Trinajstić information content (AvgIpc) is 3.03. The highest BCUT2D eigenvalue weighted by Crippen LogP contribution is 2.27. The number of hydrogen-bond acceptors (Lipinski definition) is 8. The monoisotopic (exact) mass is 357 g/mol. The Morgan fingerprint density at radius 1 is 1.32 bits per heavy atom. The summed E-state index contributed by atoms with van der Waals surface area (Å²) in [6.45, 7) is 1.42. The first kappa shape index (κ1) is 16.5. The van der Waals surface area contributed by atoms with Crippen LogP contribution in [0, 0.1) is 10.1 Å². The third-order valence-electron chi connectivity index (χ3n) is 2.98. The van der Waals surface area contributed by atoms with Gasteiger partial charge >= 0.3 is 0 Å². The van der Waals surface area contributed by atoms with Crippen molar-refractivity contribution in [2.24, 2.45) is 0 Å². The zero-order valence-corrected chi connectivity index (χ0v) is 13.7. The third-order valence-corrected chi connectivity index (χ3v) is 3.87. The lowest BCUT2D eigenvalue weighted by molar-refractivity contribution is -0.385. The van der Waals surface area contributed by atoms with Crippen LogP contribution in [0.25, 0.3) is 5.69 Å². The number of benzene rings is 1. The molecule has 0 saturated heterocycles. The summed E-state index contributed by atoms with van der Waals surface area (Å²) in [6.07, 6.45) is 1.17. The van der Waals surface area contributed by atoms with Crippen molar-refractivity contribution in [1.82, 2.24) is 25.2 Å². The van der Waals surface area contributed by atoms with E-state index < -0.39 is 4.92 Å². The number of aromatic nitrogens is 5. The second-order valence-corrected chi connectivity index (χ2v) is 5.81. The van der Waals surface area contributed by atoms with Crippen LogP contribution in [0.5, 0.6) is 0 Å². The SMILES string of the molecule is CC(=O)Nc1cccc(-n2nnnc2Sc2ccc([N+](=O)[O-])cn2)c1. The van der Waals surface area contributed by atoms with Gasteiger partial charge in [-0.15, -0.1) is 5.10 Å². The van der Waals surface area contributed by atoms with Gasteiger partial charge in [-0.1, -0.05) is 6.07 Å². The minimum atomic E-state index is -0.515. The van der Waals surface area contributed by atoms with Crippen LogP contribution in [0.4, 0.5) is 11.4 Å². The molecule has 1 aromatic carbocycles. The number of pyridine rings is 1. The molecule has 0 aliphatic carbocycles. The van der Waals surface area contributed by atoms with Crippen LogP contribution in [-0.4, -0.2) is 36.0 Å². The number of anilines is 1. The maximum absolute atomic E-state index is 11.2. The summed E-state index contributed by atoms with van der Waals surface area (Å²) in [4.78, 5) is 25.4. The minimum Gasteiger partial charge on any atom is -0.326 e. The van der Waals surface area contributed by atoms with Crippen LogP contribution in [0.15, 0.2) is 52.8 Å². The quantitative estimate of drug-likeness (QED) is 0.543. The molecule has 0 radical (unpaired) electrons. The van der Waals surface area contributed by atoms with Crippen LogP contribution >= 0.6 is 11.8 Å². The Bertz CT molecular complexity index is 926. The Labute approximate surface area is 145 Å². The van der Waals surface area contributed by atoms with Gasteiger partial charge in [-0.05, 0) is 46.5 Å². The molecular formula is C14H11N7O3S. The van der Waals surface area contributed by atoms with E-state index in [4.69, 9.17) is 0 Å². The Morgan fingerprint density at radius 2 is 2.16 bits per heavy atom. The minimum absolute atomic E-state index is 0.0908. The molecule has 0 aliphatic rings. The molecule has 10 nitrogen and oxygen atoms in total. The summed E-state index contributed by atoms with van der Waals surface area (Å²) in [5.74, 6) is -0.182. The lowest BCUT2D eigenvalue weighted by atomic mass is 10.3. The van der Waals surface area contributed by atoms with E-state index in [1.165, 1.54) is 29.9 Å². The lowest BCUT2D eigenvalue weighted by Crippen LogP contribution is -2.07. The maximum Gasteiger partial charge on any atom is 0.287 e. The Kier molecular flexibility index (Phi) is 4.66. The first-order chi connectivity index (χ1) is 12.0. The van der Waals surface area contributed by atoms with Crippen molar-refractivity contribution < 1.29 is 9.72 Å². The zero-order chi connectivity index (χ0) is 17.8. The maximum atomic E-state index is 11.2. The first-order valence-electron chi connectivity index (χ1n) is 6.97. The van der Waals surface area contributed by atoms with Gasteiger partial charge in [0.2, 0.25) is 11.1 Å². The van der Waals surface area contributed by atoms with E-state index in [0.717, 1.165) is 11.8 Å². The molecule has 0 fully saturated rings. The fourth-order valence-electron chi connectivity index (χ4n) is 1.96. The normalized spacial score (nSPS) is 10.4. The van der Waals surface area contributed by atoms with Crippen molar-refractivity contribution in [1.29, 1.82) is 0 Å². The van der Waals surface area contributed by atoms with Crippen LogP contribution in [0.2, 0.25) is 0 Å². The van der Waals surface area contributed by atoms with Gasteiger partial charge < -0.3 is 5.32 Å². The summed E-state index contributed by atoms with van der Waals surface area (Å²) in [5, 5.41) is 25.8. The molecule has 0 spiro atoms. The molecule has 0 saturated carbocycles. The molecule has 1 amide bonds. The molecule has 2 aromatic heterocycles. The van der Waals surface area contributed by atoms with Crippen LogP contribution in [0.3, 0.4) is 0 Å². The van der Waals surface area contributed by atoms with Gasteiger partial charge in [-0.3, -0.25) is 14.9 Å². The van der Waals surface area contributed by atoms with Gasteiger partial charge in [0.1, 0.15) is 11.2 Å². The molecule has 3 rings (SSSR count). The van der Waals surface area contributed by atoms with Crippen LogP contribution in [0.1, 0.15) is 6.92 Å². The molecule has 3 aromatic rings. The summed E-state index contributed by atoms with van der Waals surface area (Å²) in [6, 6.07) is 9.91. The number of amides is 1. The van der Waals surface area contributed by atoms with Crippen LogP contribution < -0.4 is 5.32 Å². The van der Waals surface area contributed by atoms with E-state index in [9.17, 15) is 14.9 Å². The van der Waals surface area contributed by atoms with E-state index in [0.29, 0.717) is 21.6 Å². The van der Waals surface area contributed by atoms with Crippen molar-refractivity contribution >= 4 is 29.0 Å². The fourth-order valence-corrected chi connectivity index (χ4v) is 2.69.